The summed E-state index contributed by atoms with van der Waals surface area (Å²) in [6, 6.07) is 0. The highest BCUT2D eigenvalue weighted by molar-refractivity contribution is 5.63. The molecule has 0 bridgehead atoms. The molecule has 0 aliphatic rings. The van der Waals surface area contributed by atoms with Gasteiger partial charge in [0.1, 0.15) is 0 Å². The Kier molecular flexibility index (Phi) is 1.73. The summed E-state index contributed by atoms with van der Waals surface area (Å²) in [5, 5.41) is 9.92. The molecule has 0 heterocycles. The first-order valence-electron chi connectivity index (χ1n) is 1.12. The van der Waals surface area contributed by atoms with E-state index in [4.69, 9.17) is 10.6 Å². The topological polar surface area (TPSA) is 85.5 Å². The van der Waals surface area contributed by atoms with E-state index in [1.54, 1.807) is 0 Å². The third-order valence-electron chi connectivity index (χ3n) is 0.152. The molecule has 0 radical (unpaired) electrons. The van der Waals surface area contributed by atoms with Crippen molar-refractivity contribution in [2.24, 2.45) is 5.22 Å². The largest absolute Gasteiger partial charge is 0.464 e. The number of hydrogen-bond donors (Lipinski definition) is 3. The Hall–Kier alpha value is -1.13. The van der Waals surface area contributed by atoms with Gasteiger partial charge in [-0.05, 0) is 0 Å². The molecular weight excluding hydrogens is 86.0 g/mol. The Morgan fingerprint density at radius 1 is 2.00 bits per heavy atom. The third-order valence-corrected chi connectivity index (χ3v) is 0.152. The molecule has 1 amide bonds. The quantitative estimate of drug-likeness (QED) is 0.316. The second kappa shape index (κ2) is 2.13. The maximum absolute atomic E-state index is 9.27. The molecule has 0 spiro atoms. The Balaban J connectivity index is 3.05. The van der Waals surface area contributed by atoms with E-state index in [2.05, 4.69) is 5.22 Å². The summed E-state index contributed by atoms with van der Waals surface area (Å²) in [5.41, 5.74) is 7.28. The maximum Gasteiger partial charge on any atom is 0.426 e. The van der Waals surface area contributed by atoms with Gasteiger partial charge in [0.15, 0.2) is 0 Å². The van der Waals surface area contributed by atoms with Gasteiger partial charge in [-0.1, -0.05) is 5.22 Å². The molecule has 0 aliphatic heterocycles. The van der Waals surface area contributed by atoms with Gasteiger partial charge in [0.25, 0.3) is 0 Å². The normalized spacial score (nSPS) is 6.67. The molecule has 0 aromatic carbocycles. The molecule has 5 heteroatoms. The fourth-order valence-corrected chi connectivity index (χ4v) is 0.0478. The lowest BCUT2D eigenvalue weighted by molar-refractivity contribution is 0.194. The summed E-state index contributed by atoms with van der Waals surface area (Å²) in [5.74, 6) is 0. The molecule has 34 valence electrons. The van der Waals surface area contributed by atoms with E-state index in [0.717, 1.165) is 0 Å². The molecule has 0 aromatic rings. The van der Waals surface area contributed by atoms with Crippen molar-refractivity contribution in [1.29, 1.82) is 5.53 Å². The Morgan fingerprint density at radius 3 is 2.50 bits per heavy atom. The van der Waals surface area contributed by atoms with Gasteiger partial charge in [0.05, 0.1) is 0 Å². The SMILES string of the molecule is N=NNC(=O)O. The van der Waals surface area contributed by atoms with Crippen LogP contribution in [0.25, 0.3) is 0 Å². The number of carbonyl (C=O) groups is 1. The highest BCUT2D eigenvalue weighted by Crippen LogP contribution is 1.54. The number of rotatable bonds is 1. The van der Waals surface area contributed by atoms with E-state index < -0.39 is 6.09 Å². The molecule has 0 saturated heterocycles. The van der Waals surface area contributed by atoms with Crippen LogP contribution in [0.3, 0.4) is 0 Å². The first kappa shape index (κ1) is 4.87. The van der Waals surface area contributed by atoms with Crippen molar-refractivity contribution < 1.29 is 9.90 Å². The number of nitrogens with zero attached hydrogens (tertiary/aromatic N) is 1. The minimum absolute atomic E-state index is 1.31. The van der Waals surface area contributed by atoms with Crippen LogP contribution >= 0.6 is 0 Å². The van der Waals surface area contributed by atoms with E-state index in [-0.39, 0.29) is 0 Å². The summed E-state index contributed by atoms with van der Waals surface area (Å²) in [6.45, 7) is 0. The first-order chi connectivity index (χ1) is 2.77. The standard InChI is InChI=1S/CH3N3O2/c2-4-3-1(5)6/h(H2,2,3)(H,5,6). The van der Waals surface area contributed by atoms with E-state index >= 15 is 0 Å². The highest BCUT2D eigenvalue weighted by Gasteiger charge is 1.82. The van der Waals surface area contributed by atoms with Gasteiger partial charge < -0.3 is 5.11 Å². The summed E-state index contributed by atoms with van der Waals surface area (Å²) >= 11 is 0. The van der Waals surface area contributed by atoms with Crippen molar-refractivity contribution in [3.63, 3.8) is 0 Å². The van der Waals surface area contributed by atoms with Gasteiger partial charge >= 0.3 is 6.09 Å². The van der Waals surface area contributed by atoms with Crippen LogP contribution in [0.4, 0.5) is 4.79 Å². The van der Waals surface area contributed by atoms with Crippen LogP contribution in [-0.4, -0.2) is 11.2 Å². The van der Waals surface area contributed by atoms with E-state index in [9.17, 15) is 4.79 Å². The van der Waals surface area contributed by atoms with Crippen molar-refractivity contribution >= 4 is 6.09 Å². The van der Waals surface area contributed by atoms with Gasteiger partial charge in [0.2, 0.25) is 0 Å². The van der Waals surface area contributed by atoms with Gasteiger partial charge in [-0.15, -0.1) is 0 Å². The molecule has 6 heavy (non-hydrogen) atoms. The molecule has 0 rings (SSSR count). The Morgan fingerprint density at radius 2 is 2.50 bits per heavy atom. The number of hydrogen-bond acceptors (Lipinski definition) is 3. The van der Waals surface area contributed by atoms with Gasteiger partial charge in [-0.2, -0.15) is 11.0 Å². The van der Waals surface area contributed by atoms with Crippen molar-refractivity contribution in [1.82, 2.24) is 5.43 Å². The molecule has 0 atom stereocenters. The Labute approximate surface area is 33.5 Å². The van der Waals surface area contributed by atoms with Crippen LogP contribution < -0.4 is 5.43 Å². The molecule has 0 aromatic heterocycles. The molecule has 0 aliphatic carbocycles. The fourth-order valence-electron chi connectivity index (χ4n) is 0.0478. The molecule has 0 unspecified atom stereocenters. The van der Waals surface area contributed by atoms with Crippen LogP contribution in [0, 0.1) is 5.53 Å². The highest BCUT2D eigenvalue weighted by atomic mass is 16.4. The van der Waals surface area contributed by atoms with Crippen LogP contribution in [0.5, 0.6) is 0 Å². The minimum Gasteiger partial charge on any atom is -0.464 e. The second-order valence-electron chi connectivity index (χ2n) is 0.529. The molecular formula is CH3N3O2. The van der Waals surface area contributed by atoms with Crippen LogP contribution in [0.2, 0.25) is 0 Å². The summed E-state index contributed by atoms with van der Waals surface area (Å²) in [6.07, 6.45) is -1.31. The zero-order valence-corrected chi connectivity index (χ0v) is 2.80. The third kappa shape index (κ3) is 2.87. The van der Waals surface area contributed by atoms with Crippen molar-refractivity contribution in [3.05, 3.63) is 0 Å². The zero-order valence-electron chi connectivity index (χ0n) is 2.80. The predicted molar refractivity (Wildman–Crippen MR) is 16.3 cm³/mol. The van der Waals surface area contributed by atoms with Crippen molar-refractivity contribution in [2.75, 3.05) is 0 Å². The zero-order chi connectivity index (χ0) is 4.99. The lowest BCUT2D eigenvalue weighted by Gasteiger charge is -1.79. The average molecular weight is 89.1 g/mol. The summed E-state index contributed by atoms with van der Waals surface area (Å²) in [7, 11) is 0. The van der Waals surface area contributed by atoms with Crippen molar-refractivity contribution in [3.8, 4) is 0 Å². The minimum atomic E-state index is -1.31. The summed E-state index contributed by atoms with van der Waals surface area (Å²) < 4.78 is 0. The summed E-state index contributed by atoms with van der Waals surface area (Å²) in [4.78, 5) is 9.27. The lowest BCUT2D eigenvalue weighted by Crippen LogP contribution is -2.11. The first-order valence-corrected chi connectivity index (χ1v) is 1.12. The van der Waals surface area contributed by atoms with Gasteiger partial charge in [-0.3, -0.25) is 0 Å². The predicted octanol–water partition coefficient (Wildman–Crippen LogP) is 0.200. The number of amides is 1. The average Bonchev–Trinajstić information content (AvgIpc) is 1.35. The van der Waals surface area contributed by atoms with Crippen LogP contribution in [-0.2, 0) is 0 Å². The molecule has 3 N–H and O–H groups in total. The monoisotopic (exact) mass is 89.0 g/mol. The lowest BCUT2D eigenvalue weighted by atomic mass is 11.3. The van der Waals surface area contributed by atoms with Gasteiger partial charge in [0, 0.05) is 0 Å². The van der Waals surface area contributed by atoms with Crippen LogP contribution in [0.15, 0.2) is 5.22 Å². The smallest absolute Gasteiger partial charge is 0.426 e. The molecule has 5 nitrogen and oxygen atoms in total. The Bertz CT molecular complexity index is 69.2. The maximum atomic E-state index is 9.27. The molecule has 0 saturated carbocycles. The number of carboxylic acid groups (broad SMARTS) is 1. The van der Waals surface area contributed by atoms with E-state index in [0.29, 0.717) is 0 Å². The number of nitrogens with one attached hydrogen (secondary N) is 2. The van der Waals surface area contributed by atoms with Crippen molar-refractivity contribution in [2.45, 2.75) is 0 Å². The second-order valence-corrected chi connectivity index (χ2v) is 0.529. The van der Waals surface area contributed by atoms with E-state index in [1.165, 1.54) is 5.43 Å². The van der Waals surface area contributed by atoms with Crippen LogP contribution in [0.1, 0.15) is 0 Å². The van der Waals surface area contributed by atoms with Gasteiger partial charge in [-0.25, -0.2) is 4.79 Å². The molecule has 0 fully saturated rings. The fraction of sp³-hybridized carbons (Fsp3) is 0. The van der Waals surface area contributed by atoms with E-state index in [1.807, 2.05) is 0 Å².